The largest absolute Gasteiger partial charge is 0.465 e. The van der Waals surface area contributed by atoms with Gasteiger partial charge in [0, 0.05) is 5.41 Å². The minimum Gasteiger partial charge on any atom is -0.465 e. The highest BCUT2D eigenvalue weighted by Gasteiger charge is 2.21. The minimum atomic E-state index is -1.30. The summed E-state index contributed by atoms with van der Waals surface area (Å²) in [6.07, 6.45) is -1.30. The van der Waals surface area contributed by atoms with E-state index in [1.54, 1.807) is 20.8 Å². The highest BCUT2D eigenvalue weighted by atomic mass is 16.4. The normalized spacial score (nSPS) is 10.3. The van der Waals surface area contributed by atoms with Gasteiger partial charge >= 0.3 is 6.09 Å². The molecule has 0 aromatic carbocycles. The lowest BCUT2D eigenvalue weighted by atomic mass is 9.96. The molecule has 0 aliphatic carbocycles. The number of hydrogen-bond donors (Lipinski definition) is 4. The smallest absolute Gasteiger partial charge is 0.405 e. The molecule has 3 amide bonds. The van der Waals surface area contributed by atoms with E-state index < -0.39 is 24.0 Å². The van der Waals surface area contributed by atoms with Gasteiger partial charge in [-0.25, -0.2) is 4.79 Å². The molecular formula is C8H15N3O4. The van der Waals surface area contributed by atoms with Crippen molar-refractivity contribution in [1.29, 1.82) is 0 Å². The topological polar surface area (TPSA) is 108 Å². The van der Waals surface area contributed by atoms with E-state index in [-0.39, 0.29) is 5.91 Å². The SMILES string of the molecule is CC(C)(C)C(=O)NNC(=O)CNC(=O)O. The van der Waals surface area contributed by atoms with Gasteiger partial charge in [0.15, 0.2) is 0 Å². The molecule has 0 fully saturated rings. The van der Waals surface area contributed by atoms with Crippen LogP contribution in [-0.4, -0.2) is 29.6 Å². The summed E-state index contributed by atoms with van der Waals surface area (Å²) in [6.45, 7) is 4.65. The number of carboxylic acid groups (broad SMARTS) is 1. The van der Waals surface area contributed by atoms with Gasteiger partial charge in [-0.15, -0.1) is 0 Å². The van der Waals surface area contributed by atoms with Crippen molar-refractivity contribution in [2.75, 3.05) is 6.54 Å². The fraction of sp³-hybridized carbons (Fsp3) is 0.625. The quantitative estimate of drug-likeness (QED) is 0.465. The average Bonchev–Trinajstić information content (AvgIpc) is 2.09. The summed E-state index contributed by atoms with van der Waals surface area (Å²) in [7, 11) is 0. The molecule has 0 rings (SSSR count). The van der Waals surface area contributed by atoms with Crippen LogP contribution in [0.15, 0.2) is 0 Å². The lowest BCUT2D eigenvalue weighted by Gasteiger charge is -2.17. The number of carbonyl (C=O) groups is 3. The van der Waals surface area contributed by atoms with Crippen LogP contribution in [0.5, 0.6) is 0 Å². The lowest BCUT2D eigenvalue weighted by molar-refractivity contribution is -0.133. The Labute approximate surface area is 87.2 Å². The van der Waals surface area contributed by atoms with Crippen LogP contribution in [-0.2, 0) is 9.59 Å². The molecule has 7 nitrogen and oxygen atoms in total. The second-order valence-corrected chi connectivity index (χ2v) is 3.91. The summed E-state index contributed by atoms with van der Waals surface area (Å²) in [6, 6.07) is 0. The zero-order valence-corrected chi connectivity index (χ0v) is 8.88. The molecule has 0 bridgehead atoms. The summed E-state index contributed by atoms with van der Waals surface area (Å²) < 4.78 is 0. The fourth-order valence-corrected chi connectivity index (χ4v) is 0.514. The first-order valence-corrected chi connectivity index (χ1v) is 4.29. The Morgan fingerprint density at radius 3 is 2.07 bits per heavy atom. The highest BCUT2D eigenvalue weighted by molar-refractivity contribution is 5.86. The number of hydrogen-bond acceptors (Lipinski definition) is 3. The summed E-state index contributed by atoms with van der Waals surface area (Å²) in [5.41, 5.74) is 3.64. The molecule has 0 saturated carbocycles. The number of nitrogens with one attached hydrogen (secondary N) is 3. The summed E-state index contributed by atoms with van der Waals surface area (Å²) in [4.78, 5) is 32.2. The molecule has 4 N–H and O–H groups in total. The van der Waals surface area contributed by atoms with Crippen molar-refractivity contribution in [3.63, 3.8) is 0 Å². The molecular weight excluding hydrogens is 202 g/mol. The first-order valence-electron chi connectivity index (χ1n) is 4.29. The van der Waals surface area contributed by atoms with E-state index in [4.69, 9.17) is 5.11 Å². The van der Waals surface area contributed by atoms with Crippen LogP contribution in [0.2, 0.25) is 0 Å². The van der Waals surface area contributed by atoms with Crippen molar-refractivity contribution in [1.82, 2.24) is 16.2 Å². The number of amides is 3. The number of carbonyl (C=O) groups excluding carboxylic acids is 2. The van der Waals surface area contributed by atoms with Crippen LogP contribution in [0.4, 0.5) is 4.79 Å². The minimum absolute atomic E-state index is 0.355. The predicted molar refractivity (Wildman–Crippen MR) is 51.8 cm³/mol. The van der Waals surface area contributed by atoms with E-state index in [1.807, 2.05) is 5.32 Å². The van der Waals surface area contributed by atoms with Crippen molar-refractivity contribution < 1.29 is 19.5 Å². The molecule has 0 aromatic rings. The third-order valence-corrected chi connectivity index (χ3v) is 1.40. The molecule has 0 saturated heterocycles. The molecule has 15 heavy (non-hydrogen) atoms. The molecule has 7 heteroatoms. The van der Waals surface area contributed by atoms with E-state index in [1.165, 1.54) is 0 Å². The fourth-order valence-electron chi connectivity index (χ4n) is 0.514. The van der Waals surface area contributed by atoms with E-state index in [9.17, 15) is 14.4 Å². The van der Waals surface area contributed by atoms with Gasteiger partial charge in [-0.2, -0.15) is 0 Å². The summed E-state index contributed by atoms with van der Waals surface area (Å²) in [5, 5.41) is 10.1. The Hall–Kier alpha value is -1.79. The van der Waals surface area contributed by atoms with E-state index in [2.05, 4.69) is 10.9 Å². The van der Waals surface area contributed by atoms with Gasteiger partial charge in [0.25, 0.3) is 5.91 Å². The van der Waals surface area contributed by atoms with Crippen molar-refractivity contribution in [2.24, 2.45) is 5.41 Å². The summed E-state index contributed by atoms with van der Waals surface area (Å²) in [5.74, 6) is -0.985. The van der Waals surface area contributed by atoms with Gasteiger partial charge < -0.3 is 10.4 Å². The lowest BCUT2D eigenvalue weighted by Crippen LogP contribution is -2.49. The Morgan fingerprint density at radius 1 is 1.13 bits per heavy atom. The maximum absolute atomic E-state index is 11.2. The molecule has 0 aromatic heterocycles. The van der Waals surface area contributed by atoms with Crippen molar-refractivity contribution in [3.05, 3.63) is 0 Å². The van der Waals surface area contributed by atoms with Gasteiger partial charge in [-0.1, -0.05) is 20.8 Å². The van der Waals surface area contributed by atoms with E-state index in [0.717, 1.165) is 0 Å². The van der Waals surface area contributed by atoms with Crippen LogP contribution < -0.4 is 16.2 Å². The molecule has 0 spiro atoms. The van der Waals surface area contributed by atoms with Gasteiger partial charge in [0.1, 0.15) is 6.54 Å². The molecule has 0 heterocycles. The second kappa shape index (κ2) is 5.18. The first-order chi connectivity index (χ1) is 6.73. The molecule has 0 aliphatic rings. The maximum atomic E-state index is 11.2. The van der Waals surface area contributed by atoms with Crippen LogP contribution >= 0.6 is 0 Å². The Kier molecular flexibility index (Phi) is 4.56. The Balaban J connectivity index is 3.82. The van der Waals surface area contributed by atoms with Crippen LogP contribution in [0.1, 0.15) is 20.8 Å². The number of hydrazine groups is 1. The van der Waals surface area contributed by atoms with Gasteiger partial charge in [0.05, 0.1) is 0 Å². The predicted octanol–water partition coefficient (Wildman–Crippen LogP) is -0.552. The van der Waals surface area contributed by atoms with E-state index in [0.29, 0.717) is 0 Å². The van der Waals surface area contributed by atoms with Crippen LogP contribution in [0.25, 0.3) is 0 Å². The van der Waals surface area contributed by atoms with Gasteiger partial charge in [0.2, 0.25) is 5.91 Å². The standard InChI is InChI=1S/C8H15N3O4/c1-8(2,3)6(13)11-10-5(12)4-9-7(14)15/h9H,4H2,1-3H3,(H,10,12)(H,11,13)(H,14,15). The molecule has 0 radical (unpaired) electrons. The van der Waals surface area contributed by atoms with Crippen LogP contribution in [0, 0.1) is 5.41 Å². The average molecular weight is 217 g/mol. The maximum Gasteiger partial charge on any atom is 0.405 e. The molecule has 0 atom stereocenters. The van der Waals surface area contributed by atoms with Crippen LogP contribution in [0.3, 0.4) is 0 Å². The first kappa shape index (κ1) is 13.2. The third kappa shape index (κ3) is 6.30. The zero-order chi connectivity index (χ0) is 12.1. The van der Waals surface area contributed by atoms with Gasteiger partial charge in [-0.3, -0.25) is 20.4 Å². The zero-order valence-electron chi connectivity index (χ0n) is 8.88. The monoisotopic (exact) mass is 217 g/mol. The van der Waals surface area contributed by atoms with E-state index >= 15 is 0 Å². The van der Waals surface area contributed by atoms with Crippen molar-refractivity contribution >= 4 is 17.9 Å². The number of rotatable bonds is 2. The third-order valence-electron chi connectivity index (χ3n) is 1.40. The molecule has 0 unspecified atom stereocenters. The summed E-state index contributed by atoms with van der Waals surface area (Å²) >= 11 is 0. The van der Waals surface area contributed by atoms with Gasteiger partial charge in [-0.05, 0) is 0 Å². The molecule has 0 aliphatic heterocycles. The Morgan fingerprint density at radius 2 is 1.67 bits per heavy atom. The Bertz CT molecular complexity index is 270. The second-order valence-electron chi connectivity index (χ2n) is 3.91. The highest BCUT2D eigenvalue weighted by Crippen LogP contribution is 2.11. The molecule has 86 valence electrons. The van der Waals surface area contributed by atoms with Crippen molar-refractivity contribution in [3.8, 4) is 0 Å². The van der Waals surface area contributed by atoms with Crippen molar-refractivity contribution in [2.45, 2.75) is 20.8 Å².